The zero-order chi connectivity index (χ0) is 24.1. The number of aromatic nitrogens is 2. The Bertz CT molecular complexity index is 1280. The van der Waals surface area contributed by atoms with Crippen molar-refractivity contribution in [3.8, 4) is 17.1 Å². The maximum Gasteiger partial charge on any atom is 0.387 e. The summed E-state index contributed by atoms with van der Waals surface area (Å²) in [5, 5.41) is 1.18. The van der Waals surface area contributed by atoms with Gasteiger partial charge >= 0.3 is 6.61 Å². The van der Waals surface area contributed by atoms with E-state index in [0.29, 0.717) is 47.2 Å². The molecule has 0 spiro atoms. The van der Waals surface area contributed by atoms with Gasteiger partial charge in [0.2, 0.25) is 0 Å². The summed E-state index contributed by atoms with van der Waals surface area (Å²) in [6, 6.07) is 12.6. The molecule has 0 N–H and O–H groups in total. The van der Waals surface area contributed by atoms with Crippen molar-refractivity contribution in [3.05, 3.63) is 89.2 Å². The fourth-order valence-corrected chi connectivity index (χ4v) is 3.69. The van der Waals surface area contributed by atoms with Gasteiger partial charge in [0.25, 0.3) is 0 Å². The number of ether oxygens (including phenoxy) is 2. The highest BCUT2D eigenvalue weighted by Crippen LogP contribution is 2.27. The lowest BCUT2D eigenvalue weighted by Crippen LogP contribution is -2.04. The largest absolute Gasteiger partial charge is 0.432 e. The van der Waals surface area contributed by atoms with Crippen LogP contribution in [0.5, 0.6) is 5.75 Å². The number of hydrogen-bond acceptors (Lipinski definition) is 4. The maximum absolute atomic E-state index is 15.1. The number of alkyl halides is 2. The van der Waals surface area contributed by atoms with Gasteiger partial charge in [-0.1, -0.05) is 30.3 Å². The van der Waals surface area contributed by atoms with Gasteiger partial charge in [0.15, 0.2) is 17.4 Å². The third-order valence-electron chi connectivity index (χ3n) is 5.49. The van der Waals surface area contributed by atoms with E-state index in [9.17, 15) is 13.2 Å². The molecule has 4 rings (SSSR count). The molecule has 0 aliphatic rings. The van der Waals surface area contributed by atoms with Crippen molar-refractivity contribution in [2.45, 2.75) is 25.9 Å². The second-order valence-electron chi connectivity index (χ2n) is 7.78. The Kier molecular flexibility index (Phi) is 7.37. The standard InChI is InChI=1S/C26H22F4N2O2/c1-33-11-10-17-14-31-25(32-15-17)20-7-8-21-19(13-20)6-5-18(24(21)28)4-2-16-3-9-23(22(27)12-16)34-26(29)30/h3,5-9,12-15,26H,2,4,10-11H2,1H3. The van der Waals surface area contributed by atoms with Crippen molar-refractivity contribution in [1.82, 2.24) is 9.97 Å². The Morgan fingerprint density at radius 2 is 1.65 bits per heavy atom. The van der Waals surface area contributed by atoms with Crippen LogP contribution in [0.2, 0.25) is 0 Å². The Morgan fingerprint density at radius 3 is 2.35 bits per heavy atom. The molecule has 0 aliphatic heterocycles. The highest BCUT2D eigenvalue weighted by Gasteiger charge is 2.13. The number of nitrogens with zero attached hydrogens (tertiary/aromatic N) is 2. The van der Waals surface area contributed by atoms with Crippen LogP contribution in [-0.2, 0) is 24.0 Å². The first-order valence-electron chi connectivity index (χ1n) is 10.7. The smallest absolute Gasteiger partial charge is 0.387 e. The van der Waals surface area contributed by atoms with Crippen LogP contribution >= 0.6 is 0 Å². The lowest BCUT2D eigenvalue weighted by molar-refractivity contribution is -0.0522. The van der Waals surface area contributed by atoms with Crippen molar-refractivity contribution >= 4 is 10.8 Å². The Hall–Kier alpha value is -3.52. The van der Waals surface area contributed by atoms with E-state index in [-0.39, 0.29) is 5.82 Å². The van der Waals surface area contributed by atoms with Crippen molar-refractivity contribution in [2.24, 2.45) is 0 Å². The zero-order valence-corrected chi connectivity index (χ0v) is 18.4. The minimum atomic E-state index is -3.10. The van der Waals surface area contributed by atoms with Crippen LogP contribution in [0, 0.1) is 11.6 Å². The molecular formula is C26H22F4N2O2. The van der Waals surface area contributed by atoms with Gasteiger partial charge in [-0.3, -0.25) is 0 Å². The van der Waals surface area contributed by atoms with Gasteiger partial charge in [-0.2, -0.15) is 8.78 Å². The molecule has 0 fully saturated rings. The first-order chi connectivity index (χ1) is 16.4. The second kappa shape index (κ2) is 10.6. The Labute approximate surface area is 194 Å². The van der Waals surface area contributed by atoms with Gasteiger partial charge in [0.1, 0.15) is 5.82 Å². The molecule has 0 atom stereocenters. The second-order valence-corrected chi connectivity index (χ2v) is 7.78. The van der Waals surface area contributed by atoms with Crippen LogP contribution < -0.4 is 4.74 Å². The molecular weight excluding hydrogens is 448 g/mol. The lowest BCUT2D eigenvalue weighted by atomic mass is 9.99. The van der Waals surface area contributed by atoms with E-state index in [2.05, 4.69) is 14.7 Å². The summed E-state index contributed by atoms with van der Waals surface area (Å²) in [4.78, 5) is 8.80. The fourth-order valence-electron chi connectivity index (χ4n) is 3.69. The lowest BCUT2D eigenvalue weighted by Gasteiger charge is -2.10. The van der Waals surface area contributed by atoms with E-state index in [1.165, 1.54) is 6.07 Å². The van der Waals surface area contributed by atoms with Crippen LogP contribution in [0.1, 0.15) is 16.7 Å². The first kappa shape index (κ1) is 23.6. The highest BCUT2D eigenvalue weighted by atomic mass is 19.3. The van der Waals surface area contributed by atoms with Gasteiger partial charge in [-0.05, 0) is 59.5 Å². The normalized spacial score (nSPS) is 11.4. The number of hydrogen-bond donors (Lipinski definition) is 0. The maximum atomic E-state index is 15.1. The average molecular weight is 470 g/mol. The quantitative estimate of drug-likeness (QED) is 0.275. The number of rotatable bonds is 9. The van der Waals surface area contributed by atoms with Gasteiger partial charge in [-0.25, -0.2) is 18.7 Å². The highest BCUT2D eigenvalue weighted by molar-refractivity contribution is 5.87. The summed E-state index contributed by atoms with van der Waals surface area (Å²) in [5.41, 5.74) is 2.78. The van der Waals surface area contributed by atoms with Crippen molar-refractivity contribution < 1.29 is 27.0 Å². The summed E-state index contributed by atoms with van der Waals surface area (Å²) < 4.78 is 62.8. The molecule has 1 heterocycles. The molecule has 4 nitrogen and oxygen atoms in total. The first-order valence-corrected chi connectivity index (χ1v) is 10.7. The van der Waals surface area contributed by atoms with E-state index in [1.807, 2.05) is 12.1 Å². The number of methoxy groups -OCH3 is 1. The molecule has 0 saturated heterocycles. The van der Waals surface area contributed by atoms with Gasteiger partial charge < -0.3 is 9.47 Å². The van der Waals surface area contributed by atoms with E-state index in [0.717, 1.165) is 29.7 Å². The van der Waals surface area contributed by atoms with Gasteiger partial charge in [-0.15, -0.1) is 0 Å². The molecule has 8 heteroatoms. The van der Waals surface area contributed by atoms with Crippen LogP contribution in [0.3, 0.4) is 0 Å². The van der Waals surface area contributed by atoms with Crippen LogP contribution in [0.4, 0.5) is 17.6 Å². The third kappa shape index (κ3) is 5.51. The van der Waals surface area contributed by atoms with Crippen LogP contribution in [0.15, 0.2) is 60.9 Å². The average Bonchev–Trinajstić information content (AvgIpc) is 2.84. The Balaban J connectivity index is 1.49. The molecule has 1 aromatic heterocycles. The fraction of sp³-hybridized carbons (Fsp3) is 0.231. The predicted molar refractivity (Wildman–Crippen MR) is 121 cm³/mol. The monoisotopic (exact) mass is 470 g/mol. The number of benzene rings is 3. The minimum Gasteiger partial charge on any atom is -0.432 e. The summed E-state index contributed by atoms with van der Waals surface area (Å²) in [5.74, 6) is -1.19. The molecule has 3 aromatic carbocycles. The van der Waals surface area contributed by atoms with Crippen molar-refractivity contribution in [3.63, 3.8) is 0 Å². The molecule has 0 bridgehead atoms. The van der Waals surface area contributed by atoms with Crippen molar-refractivity contribution in [1.29, 1.82) is 0 Å². The number of halogens is 4. The zero-order valence-electron chi connectivity index (χ0n) is 18.4. The van der Waals surface area contributed by atoms with Gasteiger partial charge in [0.05, 0.1) is 6.61 Å². The molecule has 176 valence electrons. The molecule has 0 amide bonds. The molecule has 0 saturated carbocycles. The van der Waals surface area contributed by atoms with Crippen LogP contribution in [-0.4, -0.2) is 30.3 Å². The molecule has 0 aliphatic carbocycles. The summed E-state index contributed by atoms with van der Waals surface area (Å²) in [7, 11) is 1.64. The van der Waals surface area contributed by atoms with E-state index < -0.39 is 18.2 Å². The van der Waals surface area contributed by atoms with Crippen molar-refractivity contribution in [2.75, 3.05) is 13.7 Å². The molecule has 34 heavy (non-hydrogen) atoms. The van der Waals surface area contributed by atoms with Crippen LogP contribution in [0.25, 0.3) is 22.2 Å². The molecule has 0 radical (unpaired) electrons. The Morgan fingerprint density at radius 1 is 0.853 bits per heavy atom. The minimum absolute atomic E-state index is 0.323. The predicted octanol–water partition coefficient (Wildman–Crippen LogP) is 6.15. The summed E-state index contributed by atoms with van der Waals surface area (Å²) in [6.45, 7) is -2.51. The summed E-state index contributed by atoms with van der Waals surface area (Å²) >= 11 is 0. The molecule has 0 unspecified atom stereocenters. The molecule has 4 aromatic rings. The van der Waals surface area contributed by atoms with E-state index >= 15 is 4.39 Å². The third-order valence-corrected chi connectivity index (χ3v) is 5.49. The van der Waals surface area contributed by atoms with E-state index in [4.69, 9.17) is 4.74 Å². The van der Waals surface area contributed by atoms with E-state index in [1.54, 1.807) is 37.7 Å². The summed E-state index contributed by atoms with van der Waals surface area (Å²) in [6.07, 6.45) is 4.90. The van der Waals surface area contributed by atoms with Gasteiger partial charge in [0, 0.05) is 30.5 Å². The topological polar surface area (TPSA) is 44.2 Å². The number of fused-ring (bicyclic) bond motifs is 1. The SMILES string of the molecule is COCCc1cnc(-c2ccc3c(F)c(CCc4ccc(OC(F)F)c(F)c4)ccc3c2)nc1. The number of aryl methyl sites for hydroxylation is 2.